The fourth-order valence-corrected chi connectivity index (χ4v) is 2.70. The van der Waals surface area contributed by atoms with Crippen LogP contribution in [0.25, 0.3) is 0 Å². The van der Waals surface area contributed by atoms with Gasteiger partial charge in [-0.25, -0.2) is 5.43 Å². The first-order valence-corrected chi connectivity index (χ1v) is 6.25. The Morgan fingerprint density at radius 1 is 1.41 bits per heavy atom. The summed E-state index contributed by atoms with van der Waals surface area (Å²) in [5.74, 6) is 0.830. The lowest BCUT2D eigenvalue weighted by atomic mass is 9.98. The number of hydrazine groups is 1. The highest BCUT2D eigenvalue weighted by atomic mass is 16.1. The van der Waals surface area contributed by atoms with Crippen LogP contribution in [0, 0.1) is 0 Å². The van der Waals surface area contributed by atoms with Gasteiger partial charge in [-0.15, -0.1) is 0 Å². The molecule has 0 bridgehead atoms. The first kappa shape index (κ1) is 10.8. The number of carbonyl (C=O) groups is 1. The third-order valence-corrected chi connectivity index (χ3v) is 3.58. The third-order valence-electron chi connectivity index (χ3n) is 3.58. The summed E-state index contributed by atoms with van der Waals surface area (Å²) in [6.07, 6.45) is 7.45. The second-order valence-corrected chi connectivity index (χ2v) is 4.87. The van der Waals surface area contributed by atoms with Crippen LogP contribution in [0.4, 0.5) is 0 Å². The van der Waals surface area contributed by atoms with E-state index in [-0.39, 0.29) is 11.9 Å². The number of hydrogen-bond donors (Lipinski definition) is 3. The minimum Gasteiger partial charge on any atom is -0.312 e. The Bertz CT molecular complexity index is 395. The maximum absolute atomic E-state index is 11.4. The largest absolute Gasteiger partial charge is 0.312 e. The van der Waals surface area contributed by atoms with Gasteiger partial charge in [-0.2, -0.15) is 0 Å². The molecule has 0 aromatic carbocycles. The molecule has 1 amide bonds. The van der Waals surface area contributed by atoms with E-state index >= 15 is 0 Å². The van der Waals surface area contributed by atoms with Crippen molar-refractivity contribution in [3.63, 3.8) is 0 Å². The highest BCUT2D eigenvalue weighted by Crippen LogP contribution is 2.22. The van der Waals surface area contributed by atoms with Gasteiger partial charge in [-0.1, -0.05) is 6.42 Å². The van der Waals surface area contributed by atoms with E-state index in [0.29, 0.717) is 6.04 Å². The number of nitrogens with one attached hydrogen (secondary N) is 3. The molecule has 0 radical (unpaired) electrons. The van der Waals surface area contributed by atoms with Crippen LogP contribution in [-0.2, 0) is 4.79 Å². The first-order valence-electron chi connectivity index (χ1n) is 6.25. The van der Waals surface area contributed by atoms with Crippen molar-refractivity contribution in [2.75, 3.05) is 6.54 Å². The molecule has 0 aliphatic carbocycles. The predicted molar refractivity (Wildman–Crippen MR) is 64.4 cm³/mol. The van der Waals surface area contributed by atoms with E-state index in [1.54, 1.807) is 6.08 Å². The van der Waals surface area contributed by atoms with Crippen molar-refractivity contribution in [2.24, 2.45) is 0 Å². The van der Waals surface area contributed by atoms with Crippen LogP contribution >= 0.6 is 0 Å². The fourth-order valence-electron chi connectivity index (χ4n) is 2.70. The highest BCUT2D eigenvalue weighted by molar-refractivity contribution is 5.90. The number of hydrogen-bond acceptors (Lipinski definition) is 4. The van der Waals surface area contributed by atoms with Crippen LogP contribution in [0.5, 0.6) is 0 Å². The van der Waals surface area contributed by atoms with E-state index in [1.807, 2.05) is 11.9 Å². The van der Waals surface area contributed by atoms with Crippen molar-refractivity contribution in [1.29, 1.82) is 0 Å². The topological polar surface area (TPSA) is 56.4 Å². The van der Waals surface area contributed by atoms with Gasteiger partial charge in [0.05, 0.1) is 6.04 Å². The smallest absolute Gasteiger partial charge is 0.251 e. The Kier molecular flexibility index (Phi) is 2.64. The standard InChI is InChI=1S/C12H18N4O/c1-8-6-12(17)14-11-7-10(15-16(8)11)9-4-2-3-5-13-9/h6-7,9-10,13,15H,2-5H2,1H3,(H,14,17). The second kappa shape index (κ2) is 4.16. The zero-order chi connectivity index (χ0) is 11.8. The molecule has 0 aromatic heterocycles. The quantitative estimate of drug-likeness (QED) is 0.606. The molecule has 5 nitrogen and oxygen atoms in total. The molecule has 1 saturated heterocycles. The van der Waals surface area contributed by atoms with E-state index in [2.05, 4.69) is 22.1 Å². The van der Waals surface area contributed by atoms with Crippen molar-refractivity contribution in [2.45, 2.75) is 38.3 Å². The fraction of sp³-hybridized carbons (Fsp3) is 0.583. The number of nitrogens with zero attached hydrogens (tertiary/aromatic N) is 1. The van der Waals surface area contributed by atoms with Crippen molar-refractivity contribution >= 4 is 5.91 Å². The first-order chi connectivity index (χ1) is 8.24. The molecule has 92 valence electrons. The van der Waals surface area contributed by atoms with Gasteiger partial charge in [0.2, 0.25) is 0 Å². The van der Waals surface area contributed by atoms with Crippen LogP contribution in [0.3, 0.4) is 0 Å². The van der Waals surface area contributed by atoms with Gasteiger partial charge in [-0.05, 0) is 32.4 Å². The summed E-state index contributed by atoms with van der Waals surface area (Å²) in [4.78, 5) is 11.4. The molecule has 3 heterocycles. The molecular formula is C12H18N4O. The second-order valence-electron chi connectivity index (χ2n) is 4.87. The molecule has 3 aliphatic rings. The van der Waals surface area contributed by atoms with Crippen LogP contribution in [0.1, 0.15) is 26.2 Å². The van der Waals surface area contributed by atoms with Crippen LogP contribution in [0.15, 0.2) is 23.7 Å². The van der Waals surface area contributed by atoms with Gasteiger partial charge in [-0.3, -0.25) is 9.80 Å². The molecule has 3 aliphatic heterocycles. The van der Waals surface area contributed by atoms with Crippen molar-refractivity contribution in [1.82, 2.24) is 21.1 Å². The minimum absolute atomic E-state index is 0.0379. The maximum Gasteiger partial charge on any atom is 0.251 e. The molecule has 0 aromatic rings. The van der Waals surface area contributed by atoms with E-state index in [1.165, 1.54) is 19.3 Å². The Hall–Kier alpha value is -1.33. The van der Waals surface area contributed by atoms with E-state index in [9.17, 15) is 4.79 Å². The summed E-state index contributed by atoms with van der Waals surface area (Å²) in [6.45, 7) is 3.03. The van der Waals surface area contributed by atoms with Gasteiger partial charge in [0, 0.05) is 17.8 Å². The molecule has 2 unspecified atom stereocenters. The van der Waals surface area contributed by atoms with Crippen molar-refractivity contribution in [3.05, 3.63) is 23.7 Å². The summed E-state index contributed by atoms with van der Waals surface area (Å²) < 4.78 is 0. The monoisotopic (exact) mass is 234 g/mol. The van der Waals surface area contributed by atoms with Gasteiger partial charge < -0.3 is 10.6 Å². The summed E-state index contributed by atoms with van der Waals surface area (Å²) >= 11 is 0. The van der Waals surface area contributed by atoms with Gasteiger partial charge in [0.1, 0.15) is 5.82 Å². The van der Waals surface area contributed by atoms with Gasteiger partial charge >= 0.3 is 0 Å². The summed E-state index contributed by atoms with van der Waals surface area (Å²) in [5.41, 5.74) is 4.37. The van der Waals surface area contributed by atoms with Gasteiger partial charge in [0.15, 0.2) is 0 Å². The molecule has 0 saturated carbocycles. The Morgan fingerprint density at radius 3 is 3.06 bits per heavy atom. The third kappa shape index (κ3) is 1.96. The molecule has 3 N–H and O–H groups in total. The van der Waals surface area contributed by atoms with Gasteiger partial charge in [0.25, 0.3) is 5.91 Å². The van der Waals surface area contributed by atoms with E-state index in [0.717, 1.165) is 18.1 Å². The number of carbonyl (C=O) groups excluding carboxylic acids is 1. The Morgan fingerprint density at radius 2 is 2.29 bits per heavy atom. The van der Waals surface area contributed by atoms with Crippen molar-refractivity contribution < 1.29 is 4.79 Å². The Balaban J connectivity index is 1.76. The average molecular weight is 234 g/mol. The Labute approximate surface area is 101 Å². The molecule has 2 atom stereocenters. The summed E-state index contributed by atoms with van der Waals surface area (Å²) in [7, 11) is 0. The van der Waals surface area contributed by atoms with E-state index in [4.69, 9.17) is 0 Å². The number of piperidine rings is 1. The van der Waals surface area contributed by atoms with Crippen LogP contribution < -0.4 is 16.1 Å². The van der Waals surface area contributed by atoms with Crippen molar-refractivity contribution in [3.8, 4) is 0 Å². The lowest BCUT2D eigenvalue weighted by Crippen LogP contribution is -2.51. The predicted octanol–water partition coefficient (Wildman–Crippen LogP) is 0.192. The molecule has 17 heavy (non-hydrogen) atoms. The van der Waals surface area contributed by atoms with Crippen LogP contribution in [-0.4, -0.2) is 29.5 Å². The average Bonchev–Trinajstić information content (AvgIpc) is 2.74. The number of allylic oxidation sites excluding steroid dienone is 1. The lowest BCUT2D eigenvalue weighted by Gasteiger charge is -2.31. The zero-order valence-corrected chi connectivity index (χ0v) is 9.99. The number of rotatable bonds is 1. The molecule has 0 spiro atoms. The summed E-state index contributed by atoms with van der Waals surface area (Å²) in [5, 5.41) is 8.35. The number of amides is 1. The number of fused-ring (bicyclic) bond motifs is 1. The van der Waals surface area contributed by atoms with Crippen LogP contribution in [0.2, 0.25) is 0 Å². The molecule has 1 fully saturated rings. The SMILES string of the molecule is CC1=CC(=O)NC2=CC(C3CCCCN3)NN12. The lowest BCUT2D eigenvalue weighted by molar-refractivity contribution is -0.116. The zero-order valence-electron chi connectivity index (χ0n) is 9.99. The molecule has 3 rings (SSSR count). The highest BCUT2D eigenvalue weighted by Gasteiger charge is 2.32. The van der Waals surface area contributed by atoms with E-state index < -0.39 is 0 Å². The normalized spacial score (nSPS) is 32.8. The maximum atomic E-state index is 11.4. The molecule has 5 heteroatoms. The minimum atomic E-state index is -0.0379. The summed E-state index contributed by atoms with van der Waals surface area (Å²) in [6, 6.07) is 0.735. The molecular weight excluding hydrogens is 216 g/mol.